The molecule has 1 aliphatic heterocycles. The first-order valence-electron chi connectivity index (χ1n) is 6.76. The van der Waals surface area contributed by atoms with Gasteiger partial charge in [-0.25, -0.2) is 12.7 Å². The molecule has 108 valence electrons. The molecule has 0 saturated carbocycles. The first kappa shape index (κ1) is 14.6. The fraction of sp³-hybridized carbons (Fsp3) is 0.692. The van der Waals surface area contributed by atoms with E-state index in [0.717, 1.165) is 18.5 Å². The van der Waals surface area contributed by atoms with E-state index in [-0.39, 0.29) is 5.75 Å². The van der Waals surface area contributed by atoms with Gasteiger partial charge in [-0.15, -0.1) is 0 Å². The van der Waals surface area contributed by atoms with Crippen molar-refractivity contribution in [1.29, 1.82) is 0 Å². The quantitative estimate of drug-likeness (QED) is 0.862. The molecule has 1 aromatic heterocycles. The summed E-state index contributed by atoms with van der Waals surface area (Å²) in [5, 5.41) is 3.38. The van der Waals surface area contributed by atoms with Gasteiger partial charge in [0.1, 0.15) is 0 Å². The number of nitrogens with one attached hydrogen (secondary N) is 1. The van der Waals surface area contributed by atoms with Gasteiger partial charge in [0.25, 0.3) is 0 Å². The van der Waals surface area contributed by atoms with E-state index in [2.05, 4.69) is 5.32 Å². The number of rotatable bonds is 6. The highest BCUT2D eigenvalue weighted by atomic mass is 32.2. The maximum Gasteiger partial charge on any atom is 0.214 e. The molecule has 1 atom stereocenters. The zero-order chi connectivity index (χ0) is 13.7. The summed E-state index contributed by atoms with van der Waals surface area (Å²) in [7, 11) is -1.56. The van der Waals surface area contributed by atoms with Crippen LogP contribution in [0.15, 0.2) is 23.0 Å². The summed E-state index contributed by atoms with van der Waals surface area (Å²) in [5.41, 5.74) is 0.877. The van der Waals surface area contributed by atoms with Gasteiger partial charge in [0.15, 0.2) is 0 Å². The van der Waals surface area contributed by atoms with Crippen LogP contribution in [0.1, 0.15) is 31.2 Å². The van der Waals surface area contributed by atoms with Crippen molar-refractivity contribution >= 4 is 10.0 Å². The van der Waals surface area contributed by atoms with Crippen LogP contribution in [0.2, 0.25) is 0 Å². The van der Waals surface area contributed by atoms with Crippen LogP contribution in [0.3, 0.4) is 0 Å². The third-order valence-electron chi connectivity index (χ3n) is 3.60. The zero-order valence-corrected chi connectivity index (χ0v) is 12.2. The molecule has 1 unspecified atom stereocenters. The zero-order valence-electron chi connectivity index (χ0n) is 11.3. The van der Waals surface area contributed by atoms with Crippen molar-refractivity contribution in [3.05, 3.63) is 24.2 Å². The summed E-state index contributed by atoms with van der Waals surface area (Å²) in [6.07, 6.45) is 7.31. The summed E-state index contributed by atoms with van der Waals surface area (Å²) in [6.45, 7) is 1.38. The molecule has 1 aliphatic rings. The van der Waals surface area contributed by atoms with Crippen LogP contribution in [0.25, 0.3) is 0 Å². The molecule has 1 N–H and O–H groups in total. The minimum atomic E-state index is -3.18. The molecule has 0 amide bonds. The van der Waals surface area contributed by atoms with Crippen LogP contribution < -0.4 is 5.32 Å². The van der Waals surface area contributed by atoms with E-state index in [1.165, 1.54) is 17.1 Å². The van der Waals surface area contributed by atoms with Crippen molar-refractivity contribution in [3.63, 3.8) is 0 Å². The predicted octanol–water partition coefficient (Wildman–Crippen LogP) is 1.57. The first-order valence-corrected chi connectivity index (χ1v) is 8.37. The van der Waals surface area contributed by atoms with Crippen molar-refractivity contribution in [1.82, 2.24) is 9.62 Å². The Labute approximate surface area is 115 Å². The fourth-order valence-electron chi connectivity index (χ4n) is 2.36. The number of hydrogen-bond donors (Lipinski definition) is 1. The maximum atomic E-state index is 12.2. The summed E-state index contributed by atoms with van der Waals surface area (Å²) in [5.74, 6) is 0.207. The van der Waals surface area contributed by atoms with Crippen molar-refractivity contribution in [2.75, 3.05) is 19.3 Å². The highest BCUT2D eigenvalue weighted by Gasteiger charge is 2.21. The van der Waals surface area contributed by atoms with Gasteiger partial charge in [-0.1, -0.05) is 6.42 Å². The Morgan fingerprint density at radius 3 is 2.95 bits per heavy atom. The summed E-state index contributed by atoms with van der Waals surface area (Å²) >= 11 is 0. The van der Waals surface area contributed by atoms with E-state index in [4.69, 9.17) is 4.42 Å². The third kappa shape index (κ3) is 4.33. The van der Waals surface area contributed by atoms with Crippen LogP contribution in [0.4, 0.5) is 0 Å². The van der Waals surface area contributed by atoms with Gasteiger partial charge < -0.3 is 9.73 Å². The van der Waals surface area contributed by atoms with Crippen LogP contribution in [-0.2, 0) is 16.6 Å². The average Bonchev–Trinajstić information content (AvgIpc) is 2.90. The molecule has 5 nitrogen and oxygen atoms in total. The second-order valence-electron chi connectivity index (χ2n) is 5.14. The molecular weight excluding hydrogens is 264 g/mol. The highest BCUT2D eigenvalue weighted by molar-refractivity contribution is 7.89. The minimum absolute atomic E-state index is 0.207. The molecule has 0 aliphatic carbocycles. The number of furan rings is 1. The maximum absolute atomic E-state index is 12.2. The van der Waals surface area contributed by atoms with E-state index in [9.17, 15) is 8.42 Å². The number of piperidine rings is 1. The first-order chi connectivity index (χ1) is 9.08. The van der Waals surface area contributed by atoms with E-state index in [0.29, 0.717) is 19.0 Å². The molecule has 19 heavy (non-hydrogen) atoms. The molecule has 1 saturated heterocycles. The Kier molecular flexibility index (Phi) is 5.01. The van der Waals surface area contributed by atoms with E-state index in [1.807, 2.05) is 0 Å². The average molecular weight is 286 g/mol. The number of sulfonamides is 1. The van der Waals surface area contributed by atoms with Gasteiger partial charge in [-0.2, -0.15) is 0 Å². The monoisotopic (exact) mass is 286 g/mol. The molecule has 0 aromatic carbocycles. The number of nitrogens with zero attached hydrogens (tertiary/aromatic N) is 1. The van der Waals surface area contributed by atoms with Gasteiger partial charge in [-0.3, -0.25) is 0 Å². The Hall–Kier alpha value is -0.850. The summed E-state index contributed by atoms with van der Waals surface area (Å²) < 4.78 is 30.7. The van der Waals surface area contributed by atoms with Crippen LogP contribution in [-0.4, -0.2) is 38.1 Å². The van der Waals surface area contributed by atoms with Crippen LogP contribution in [0.5, 0.6) is 0 Å². The Morgan fingerprint density at radius 2 is 2.32 bits per heavy atom. The lowest BCUT2D eigenvalue weighted by Gasteiger charge is -2.24. The van der Waals surface area contributed by atoms with E-state index >= 15 is 0 Å². The standard InChI is InChI=1S/C13H22N2O3S/c1-15(10-12-5-8-18-11-12)19(16,17)9-6-13-4-2-3-7-14-13/h5,8,11,13-14H,2-4,6-7,9-10H2,1H3. The van der Waals surface area contributed by atoms with Gasteiger partial charge in [-0.05, 0) is 31.9 Å². The molecule has 0 radical (unpaired) electrons. The molecule has 2 rings (SSSR count). The summed E-state index contributed by atoms with van der Waals surface area (Å²) in [6, 6.07) is 2.14. The molecule has 2 heterocycles. The van der Waals surface area contributed by atoms with Crippen molar-refractivity contribution in [2.45, 2.75) is 38.3 Å². The van der Waals surface area contributed by atoms with Gasteiger partial charge in [0.2, 0.25) is 10.0 Å². The largest absolute Gasteiger partial charge is 0.472 e. The highest BCUT2D eigenvalue weighted by Crippen LogP contribution is 2.14. The van der Waals surface area contributed by atoms with E-state index in [1.54, 1.807) is 25.6 Å². The molecular formula is C13H22N2O3S. The molecule has 1 aromatic rings. The molecule has 1 fully saturated rings. The molecule has 0 spiro atoms. The molecule has 0 bridgehead atoms. The second kappa shape index (κ2) is 6.54. The third-order valence-corrected chi connectivity index (χ3v) is 5.43. The Bertz CT molecular complexity index is 464. The van der Waals surface area contributed by atoms with Crippen molar-refractivity contribution in [3.8, 4) is 0 Å². The van der Waals surface area contributed by atoms with Crippen molar-refractivity contribution in [2.24, 2.45) is 0 Å². The fourth-order valence-corrected chi connectivity index (χ4v) is 3.60. The normalized spacial score (nSPS) is 20.8. The predicted molar refractivity (Wildman–Crippen MR) is 74.2 cm³/mol. The smallest absolute Gasteiger partial charge is 0.214 e. The SMILES string of the molecule is CN(Cc1ccoc1)S(=O)(=O)CCC1CCCCN1. The lowest BCUT2D eigenvalue weighted by atomic mass is 10.0. The lowest BCUT2D eigenvalue weighted by Crippen LogP contribution is -2.37. The van der Waals surface area contributed by atoms with Gasteiger partial charge in [0.05, 0.1) is 18.3 Å². The summed E-state index contributed by atoms with van der Waals surface area (Å²) in [4.78, 5) is 0. The van der Waals surface area contributed by atoms with Gasteiger partial charge in [0, 0.05) is 25.2 Å². The van der Waals surface area contributed by atoms with Gasteiger partial charge >= 0.3 is 0 Å². The Balaban J connectivity index is 1.83. The topological polar surface area (TPSA) is 62.6 Å². The Morgan fingerprint density at radius 1 is 1.47 bits per heavy atom. The van der Waals surface area contributed by atoms with Crippen LogP contribution in [0, 0.1) is 0 Å². The second-order valence-corrected chi connectivity index (χ2v) is 7.33. The van der Waals surface area contributed by atoms with Crippen LogP contribution >= 0.6 is 0 Å². The molecule has 6 heteroatoms. The lowest BCUT2D eigenvalue weighted by molar-refractivity contribution is 0.388. The minimum Gasteiger partial charge on any atom is -0.472 e. The number of hydrogen-bond acceptors (Lipinski definition) is 4. The van der Waals surface area contributed by atoms with E-state index < -0.39 is 10.0 Å². The van der Waals surface area contributed by atoms with Crippen molar-refractivity contribution < 1.29 is 12.8 Å².